The van der Waals surface area contributed by atoms with Gasteiger partial charge in [0.15, 0.2) is 17.1 Å². The summed E-state index contributed by atoms with van der Waals surface area (Å²) in [5.41, 5.74) is 5.10. The lowest BCUT2D eigenvalue weighted by Gasteiger charge is -2.34. The molecule has 3 aromatic rings. The lowest BCUT2D eigenvalue weighted by molar-refractivity contribution is -0.265. The van der Waals surface area contributed by atoms with Crippen molar-refractivity contribution < 1.29 is 36.3 Å². The van der Waals surface area contributed by atoms with Crippen LogP contribution in [0.5, 0.6) is 0 Å². The molecule has 2 saturated carbocycles. The third-order valence-corrected chi connectivity index (χ3v) is 9.18. The van der Waals surface area contributed by atoms with Crippen molar-refractivity contribution in [3.05, 3.63) is 41.1 Å². The van der Waals surface area contributed by atoms with E-state index in [-0.39, 0.29) is 58.8 Å². The van der Waals surface area contributed by atoms with Crippen LogP contribution in [0.15, 0.2) is 29.4 Å². The molecule has 16 heteroatoms. The third kappa shape index (κ3) is 5.40. The number of rotatable bonds is 6. The molecule has 2 aromatic heterocycles. The van der Waals surface area contributed by atoms with Crippen LogP contribution >= 0.6 is 0 Å². The number of nitrogen functional groups attached to an aromatic ring is 1. The van der Waals surface area contributed by atoms with Crippen molar-refractivity contribution in [2.24, 2.45) is 10.9 Å². The van der Waals surface area contributed by atoms with Crippen LogP contribution in [0.3, 0.4) is 0 Å². The van der Waals surface area contributed by atoms with Gasteiger partial charge in [0.1, 0.15) is 5.56 Å². The molecule has 2 fully saturated rings. The fourth-order valence-electron chi connectivity index (χ4n) is 5.93. The number of carbonyl (C=O) groups excluding carboxylic acids is 2. The zero-order valence-corrected chi connectivity index (χ0v) is 24.7. The minimum Gasteiger partial charge on any atom is -0.381 e. The average Bonchev–Trinajstić information content (AvgIpc) is 3.65. The molecule has 1 atom stereocenters. The first kappa shape index (κ1) is 30.0. The smallest absolute Gasteiger partial charge is 0.381 e. The van der Waals surface area contributed by atoms with Gasteiger partial charge in [-0.2, -0.15) is 13.2 Å². The number of benzene rings is 1. The molecule has 1 aromatic carbocycles. The summed E-state index contributed by atoms with van der Waals surface area (Å²) >= 11 is 0. The number of nitrogens with zero attached hydrogens (tertiary/aromatic N) is 5. The topological polar surface area (TPSA) is 172 Å². The van der Waals surface area contributed by atoms with Crippen LogP contribution in [0.1, 0.15) is 71.7 Å². The highest BCUT2D eigenvalue weighted by Crippen LogP contribution is 2.42. The average molecular weight is 634 g/mol. The predicted molar refractivity (Wildman–Crippen MR) is 155 cm³/mol. The highest BCUT2D eigenvalue weighted by molar-refractivity contribution is 7.92. The lowest BCUT2D eigenvalue weighted by Crippen LogP contribution is -2.47. The summed E-state index contributed by atoms with van der Waals surface area (Å²) in [5, 5.41) is 14.0. The number of anilines is 2. The summed E-state index contributed by atoms with van der Waals surface area (Å²) in [4.78, 5) is 36.9. The predicted octanol–water partition coefficient (Wildman–Crippen LogP) is 3.55. The second-order valence-electron chi connectivity index (χ2n) is 11.8. The van der Waals surface area contributed by atoms with Gasteiger partial charge in [0.2, 0.25) is 10.0 Å². The minimum absolute atomic E-state index is 0.00436. The van der Waals surface area contributed by atoms with E-state index in [0.29, 0.717) is 29.3 Å². The van der Waals surface area contributed by atoms with E-state index in [2.05, 4.69) is 19.8 Å². The van der Waals surface area contributed by atoms with Crippen LogP contribution in [0, 0.1) is 5.92 Å². The van der Waals surface area contributed by atoms with E-state index in [1.807, 2.05) is 6.92 Å². The van der Waals surface area contributed by atoms with Crippen molar-refractivity contribution in [1.29, 1.82) is 0 Å². The summed E-state index contributed by atoms with van der Waals surface area (Å²) in [6.07, 6.45) is -1.90. The second-order valence-corrected chi connectivity index (χ2v) is 13.5. The molecule has 0 bridgehead atoms. The SMILES string of the molecule is C[C@@H](C1CC1)N1Cc2cc(-c3ccn4nc(N)c(C(=O)N=C5CCC(O)(C(F)(F)F)CC5)c4n3)cc(NS(C)(=O)=O)c2C1=O. The quantitative estimate of drug-likeness (QED) is 0.370. The largest absolute Gasteiger partial charge is 0.417 e. The molecule has 2 amide bonds. The Morgan fingerprint density at radius 2 is 1.93 bits per heavy atom. The monoisotopic (exact) mass is 633 g/mol. The first-order valence-electron chi connectivity index (χ1n) is 14.1. The van der Waals surface area contributed by atoms with Gasteiger partial charge < -0.3 is 15.7 Å². The molecule has 2 aliphatic carbocycles. The van der Waals surface area contributed by atoms with Gasteiger partial charge in [0.05, 0.1) is 23.2 Å². The first-order valence-corrected chi connectivity index (χ1v) is 15.9. The number of aliphatic hydroxyl groups is 1. The van der Waals surface area contributed by atoms with E-state index >= 15 is 0 Å². The van der Waals surface area contributed by atoms with Crippen molar-refractivity contribution in [2.45, 2.75) is 69.8 Å². The molecule has 3 heterocycles. The van der Waals surface area contributed by atoms with Crippen molar-refractivity contribution in [2.75, 3.05) is 16.7 Å². The van der Waals surface area contributed by atoms with Gasteiger partial charge in [-0.15, -0.1) is 5.10 Å². The van der Waals surface area contributed by atoms with Gasteiger partial charge in [-0.05, 0) is 75.1 Å². The number of alkyl halides is 3. The molecule has 234 valence electrons. The van der Waals surface area contributed by atoms with E-state index in [9.17, 15) is 36.3 Å². The molecule has 3 aliphatic rings. The maximum absolute atomic E-state index is 13.4. The molecule has 0 saturated heterocycles. The van der Waals surface area contributed by atoms with E-state index < -0.39 is 40.5 Å². The van der Waals surface area contributed by atoms with Crippen LogP contribution in [-0.4, -0.2) is 74.6 Å². The Labute approximate surface area is 250 Å². The second kappa shape index (κ2) is 10.3. The van der Waals surface area contributed by atoms with Gasteiger partial charge in [0, 0.05) is 30.1 Å². The number of halogens is 3. The molecule has 0 radical (unpaired) electrons. The highest BCUT2D eigenvalue weighted by atomic mass is 32.2. The number of hydrogen-bond acceptors (Lipinski definition) is 8. The molecule has 1 aliphatic heterocycles. The Morgan fingerprint density at radius 3 is 2.55 bits per heavy atom. The van der Waals surface area contributed by atoms with E-state index in [1.54, 1.807) is 17.0 Å². The maximum Gasteiger partial charge on any atom is 0.417 e. The fourth-order valence-corrected chi connectivity index (χ4v) is 6.49. The number of carbonyl (C=O) groups is 2. The Morgan fingerprint density at radius 1 is 1.25 bits per heavy atom. The summed E-state index contributed by atoms with van der Waals surface area (Å²) in [7, 11) is -3.75. The molecular weight excluding hydrogens is 603 g/mol. The number of sulfonamides is 1. The Kier molecular flexibility index (Phi) is 6.99. The molecular formula is C28H30F3N7O5S. The van der Waals surface area contributed by atoms with Gasteiger partial charge in [0.25, 0.3) is 11.8 Å². The fraction of sp³-hybridized carbons (Fsp3) is 0.464. The highest BCUT2D eigenvalue weighted by Gasteiger charge is 2.54. The third-order valence-electron chi connectivity index (χ3n) is 8.59. The number of hydrogen-bond donors (Lipinski definition) is 3. The van der Waals surface area contributed by atoms with Gasteiger partial charge >= 0.3 is 6.18 Å². The van der Waals surface area contributed by atoms with Gasteiger partial charge in [-0.25, -0.2) is 22.9 Å². The number of fused-ring (bicyclic) bond motifs is 2. The summed E-state index contributed by atoms with van der Waals surface area (Å²) in [6, 6.07) is 4.85. The van der Waals surface area contributed by atoms with Crippen molar-refractivity contribution in [3.63, 3.8) is 0 Å². The van der Waals surface area contributed by atoms with Crippen molar-refractivity contribution >= 4 is 44.7 Å². The Hall–Kier alpha value is -4.05. The van der Waals surface area contributed by atoms with Crippen molar-refractivity contribution in [3.8, 4) is 11.3 Å². The maximum atomic E-state index is 13.4. The van der Waals surface area contributed by atoms with Crippen LogP contribution in [0.2, 0.25) is 0 Å². The molecule has 0 unspecified atom stereocenters. The Balaban J connectivity index is 1.35. The van der Waals surface area contributed by atoms with E-state index in [0.717, 1.165) is 19.1 Å². The molecule has 0 spiro atoms. The van der Waals surface area contributed by atoms with Crippen LogP contribution < -0.4 is 10.5 Å². The lowest BCUT2D eigenvalue weighted by atomic mass is 9.83. The molecule has 4 N–H and O–H groups in total. The minimum atomic E-state index is -4.79. The van der Waals surface area contributed by atoms with Crippen LogP contribution in [0.25, 0.3) is 16.9 Å². The zero-order chi connectivity index (χ0) is 31.8. The van der Waals surface area contributed by atoms with Gasteiger partial charge in [-0.1, -0.05) is 0 Å². The normalized spacial score (nSPS) is 21.5. The number of nitrogens with one attached hydrogen (secondary N) is 1. The van der Waals surface area contributed by atoms with E-state index in [1.165, 1.54) is 16.8 Å². The molecule has 12 nitrogen and oxygen atoms in total. The van der Waals surface area contributed by atoms with Crippen LogP contribution in [-0.2, 0) is 16.6 Å². The number of nitrogens with two attached hydrogens (primary N) is 1. The van der Waals surface area contributed by atoms with E-state index in [4.69, 9.17) is 5.73 Å². The van der Waals surface area contributed by atoms with Crippen molar-refractivity contribution in [1.82, 2.24) is 19.5 Å². The standard InChI is InChI=1S/C28H30F3N7O5S/c1-14(15-3-4-15)37-13-17-11-16(12-20(21(17)26(37)40)36-44(2,42)43)19-7-10-38-24(34-19)22(23(32)35-38)25(39)33-18-5-8-27(41,9-6-18)28(29,30)31/h7,10-12,14-15,36,41H,3-6,8-9,13H2,1-2H3,(H2,32,35)/t14-,27?/m0/s1. The van der Waals surface area contributed by atoms with Crippen LogP contribution in [0.4, 0.5) is 24.7 Å². The Bertz CT molecular complexity index is 1840. The summed E-state index contributed by atoms with van der Waals surface area (Å²) in [6.45, 7) is 2.28. The number of aromatic nitrogens is 3. The summed E-state index contributed by atoms with van der Waals surface area (Å²) < 4.78 is 67.8. The first-order chi connectivity index (χ1) is 20.5. The number of amides is 2. The molecule has 44 heavy (non-hydrogen) atoms. The molecule has 6 rings (SSSR count). The zero-order valence-electron chi connectivity index (χ0n) is 23.8. The summed E-state index contributed by atoms with van der Waals surface area (Å²) in [5.74, 6) is -0.875. The number of aliphatic imine (C=N–C) groups is 1. The van der Waals surface area contributed by atoms with Gasteiger partial charge in [-0.3, -0.25) is 14.3 Å².